The van der Waals surface area contributed by atoms with Crippen LogP contribution >= 0.6 is 34.5 Å². The number of aromatic nitrogens is 1. The van der Waals surface area contributed by atoms with Crippen LogP contribution in [-0.4, -0.2) is 10.9 Å². The summed E-state index contributed by atoms with van der Waals surface area (Å²) in [5, 5.41) is 6.42. The topological polar surface area (TPSA) is 42.0 Å². The van der Waals surface area contributed by atoms with Crippen LogP contribution < -0.4 is 5.32 Å². The smallest absolute Gasteiger partial charge is 0.236 e. The van der Waals surface area contributed by atoms with E-state index in [0.717, 1.165) is 24.0 Å². The maximum Gasteiger partial charge on any atom is 0.236 e. The summed E-state index contributed by atoms with van der Waals surface area (Å²) < 4.78 is 0. The Kier molecular flexibility index (Phi) is 5.52. The highest BCUT2D eigenvalue weighted by molar-refractivity contribution is 7.14. The lowest BCUT2D eigenvalue weighted by molar-refractivity contribution is -0.119. The molecule has 1 aromatic heterocycles. The average Bonchev–Trinajstić information content (AvgIpc) is 3.29. The summed E-state index contributed by atoms with van der Waals surface area (Å²) in [6, 6.07) is 5.25. The zero-order chi connectivity index (χ0) is 18.7. The number of hydrogen-bond acceptors (Lipinski definition) is 3. The van der Waals surface area contributed by atoms with Crippen LogP contribution in [0.2, 0.25) is 10.0 Å². The lowest BCUT2D eigenvalue weighted by Crippen LogP contribution is -2.25. The molecular formula is C20H16Cl2N2OS. The highest BCUT2D eigenvalue weighted by atomic mass is 35.5. The van der Waals surface area contributed by atoms with Crippen molar-refractivity contribution < 1.29 is 4.79 Å². The summed E-state index contributed by atoms with van der Waals surface area (Å²) in [7, 11) is 0. The minimum atomic E-state index is -0.508. The van der Waals surface area contributed by atoms with Crippen molar-refractivity contribution in [3.63, 3.8) is 0 Å². The molecule has 2 aromatic rings. The number of anilines is 1. The minimum Gasteiger partial charge on any atom is -0.301 e. The molecule has 0 bridgehead atoms. The highest BCUT2D eigenvalue weighted by Crippen LogP contribution is 2.53. The summed E-state index contributed by atoms with van der Waals surface area (Å²) in [6.45, 7) is 1.91. The van der Waals surface area contributed by atoms with Gasteiger partial charge in [-0.25, -0.2) is 4.98 Å². The van der Waals surface area contributed by atoms with Crippen molar-refractivity contribution in [1.82, 2.24) is 4.98 Å². The molecule has 0 atom stereocenters. The van der Waals surface area contributed by atoms with Gasteiger partial charge in [-0.3, -0.25) is 4.79 Å². The molecule has 3 rings (SSSR count). The van der Waals surface area contributed by atoms with Gasteiger partial charge in [0.25, 0.3) is 0 Å². The molecule has 1 fully saturated rings. The van der Waals surface area contributed by atoms with Crippen LogP contribution in [0.15, 0.2) is 47.4 Å². The maximum atomic E-state index is 12.8. The second kappa shape index (κ2) is 7.67. The number of hydrogen-bond donors (Lipinski definition) is 1. The molecule has 0 aliphatic heterocycles. The summed E-state index contributed by atoms with van der Waals surface area (Å²) in [5.41, 5.74) is 1.91. The Morgan fingerprint density at radius 2 is 2.19 bits per heavy atom. The first kappa shape index (κ1) is 18.7. The van der Waals surface area contributed by atoms with Crippen molar-refractivity contribution in [3.8, 4) is 23.6 Å². The Bertz CT molecular complexity index is 949. The second-order valence-electron chi connectivity index (χ2n) is 5.94. The number of allylic oxidation sites excluding steroid dienone is 3. The number of carbonyl (C=O) groups is 1. The molecule has 1 saturated carbocycles. The van der Waals surface area contributed by atoms with E-state index in [2.05, 4.69) is 16.2 Å². The van der Waals surface area contributed by atoms with Crippen LogP contribution in [0, 0.1) is 17.8 Å². The van der Waals surface area contributed by atoms with E-state index in [1.54, 1.807) is 18.2 Å². The van der Waals surface area contributed by atoms with Crippen LogP contribution in [0.3, 0.4) is 0 Å². The number of carbonyl (C=O) groups excluding carboxylic acids is 1. The van der Waals surface area contributed by atoms with Gasteiger partial charge >= 0.3 is 0 Å². The van der Waals surface area contributed by atoms with Crippen molar-refractivity contribution in [2.24, 2.45) is 5.41 Å². The largest absolute Gasteiger partial charge is 0.301 e. The lowest BCUT2D eigenvalue weighted by Gasteiger charge is -2.15. The Balaban J connectivity index is 1.78. The van der Waals surface area contributed by atoms with Gasteiger partial charge in [0.15, 0.2) is 5.13 Å². The van der Waals surface area contributed by atoms with Gasteiger partial charge in [0.05, 0.1) is 16.1 Å². The van der Waals surface area contributed by atoms with Gasteiger partial charge in [-0.05, 0) is 55.7 Å². The fraction of sp³-hybridized carbons (Fsp3) is 0.200. The quantitative estimate of drug-likeness (QED) is 0.494. The van der Waals surface area contributed by atoms with Crippen LogP contribution in [-0.2, 0) is 4.79 Å². The van der Waals surface area contributed by atoms with Gasteiger partial charge in [0.1, 0.15) is 0 Å². The van der Waals surface area contributed by atoms with Gasteiger partial charge in [-0.15, -0.1) is 17.8 Å². The molecule has 26 heavy (non-hydrogen) atoms. The maximum absolute atomic E-state index is 12.8. The first-order valence-electron chi connectivity index (χ1n) is 8.02. The Hall–Kier alpha value is -2.06. The van der Waals surface area contributed by atoms with Gasteiger partial charge in [-0.2, -0.15) is 0 Å². The number of nitrogens with zero attached hydrogens (tertiary/aromatic N) is 1. The Morgan fingerprint density at radius 3 is 2.81 bits per heavy atom. The second-order valence-corrected chi connectivity index (χ2v) is 7.64. The molecule has 0 unspecified atom stereocenters. The number of amides is 1. The molecule has 1 heterocycles. The van der Waals surface area contributed by atoms with Crippen molar-refractivity contribution >= 4 is 45.6 Å². The molecule has 1 N–H and O–H groups in total. The molecule has 3 nitrogen and oxygen atoms in total. The van der Waals surface area contributed by atoms with Crippen molar-refractivity contribution in [2.45, 2.75) is 19.8 Å². The number of thiazole rings is 1. The number of halogens is 2. The standard InChI is InChI=1S/C20H16Cl2N2OS/c1-3-5-6-13(4-2)20(9-10-20)18(25)24-19-23-17(12-26-19)15-8-7-14(21)11-16(15)22/h1,4-8,11-12H,9-10H2,2H3,(H,23,24,25)/b6-5-,13-4+. The highest BCUT2D eigenvalue weighted by Gasteiger charge is 2.51. The van der Waals surface area contributed by atoms with Gasteiger partial charge in [-0.1, -0.05) is 35.2 Å². The number of terminal acetylenes is 1. The normalized spacial score (nSPS) is 15.7. The van der Waals surface area contributed by atoms with E-state index in [4.69, 9.17) is 29.6 Å². The third-order valence-electron chi connectivity index (χ3n) is 4.34. The molecular weight excluding hydrogens is 387 g/mol. The van der Waals surface area contributed by atoms with E-state index in [-0.39, 0.29) is 5.91 Å². The number of nitrogens with one attached hydrogen (secondary N) is 1. The monoisotopic (exact) mass is 402 g/mol. The van der Waals surface area contributed by atoms with E-state index in [1.807, 2.05) is 30.5 Å². The lowest BCUT2D eigenvalue weighted by atomic mass is 9.94. The predicted molar refractivity (Wildman–Crippen MR) is 110 cm³/mol. The summed E-state index contributed by atoms with van der Waals surface area (Å²) in [5.74, 6) is 2.41. The molecule has 1 aromatic carbocycles. The van der Waals surface area contributed by atoms with Crippen LogP contribution in [0.25, 0.3) is 11.3 Å². The number of benzene rings is 1. The molecule has 0 saturated heterocycles. The van der Waals surface area contributed by atoms with Crippen LogP contribution in [0.5, 0.6) is 0 Å². The van der Waals surface area contributed by atoms with Gasteiger partial charge in [0.2, 0.25) is 5.91 Å². The number of rotatable bonds is 5. The van der Waals surface area contributed by atoms with E-state index in [0.29, 0.717) is 20.9 Å². The van der Waals surface area contributed by atoms with Crippen molar-refractivity contribution in [1.29, 1.82) is 0 Å². The van der Waals surface area contributed by atoms with Gasteiger partial charge < -0.3 is 5.32 Å². The first-order valence-corrected chi connectivity index (χ1v) is 9.65. The van der Waals surface area contributed by atoms with Crippen molar-refractivity contribution in [2.75, 3.05) is 5.32 Å². The fourth-order valence-corrected chi connectivity index (χ4v) is 4.02. The molecule has 1 aliphatic rings. The third kappa shape index (κ3) is 3.71. The fourth-order valence-electron chi connectivity index (χ4n) is 2.81. The molecule has 1 aliphatic carbocycles. The van der Waals surface area contributed by atoms with E-state index in [1.165, 1.54) is 11.3 Å². The molecule has 0 spiro atoms. The minimum absolute atomic E-state index is 0.0598. The summed E-state index contributed by atoms with van der Waals surface area (Å²) in [6.07, 6.45) is 12.3. The molecule has 132 valence electrons. The Labute approximate surface area is 166 Å². The predicted octanol–water partition coefficient (Wildman–Crippen LogP) is 5.97. The molecule has 0 radical (unpaired) electrons. The summed E-state index contributed by atoms with van der Waals surface area (Å²) in [4.78, 5) is 17.3. The first-order chi connectivity index (χ1) is 12.5. The molecule has 6 heteroatoms. The average molecular weight is 403 g/mol. The molecule has 1 amide bonds. The van der Waals surface area contributed by atoms with Crippen LogP contribution in [0.1, 0.15) is 19.8 Å². The van der Waals surface area contributed by atoms with Crippen molar-refractivity contribution in [3.05, 3.63) is 57.4 Å². The van der Waals surface area contributed by atoms with Crippen LogP contribution in [0.4, 0.5) is 5.13 Å². The zero-order valence-electron chi connectivity index (χ0n) is 14.1. The third-order valence-corrected chi connectivity index (χ3v) is 5.64. The zero-order valence-corrected chi connectivity index (χ0v) is 16.4. The summed E-state index contributed by atoms with van der Waals surface area (Å²) >= 11 is 13.5. The van der Waals surface area contributed by atoms with E-state index in [9.17, 15) is 4.79 Å². The van der Waals surface area contributed by atoms with Gasteiger partial charge in [0, 0.05) is 16.0 Å². The van der Waals surface area contributed by atoms with E-state index >= 15 is 0 Å². The van der Waals surface area contributed by atoms with E-state index < -0.39 is 5.41 Å². The Morgan fingerprint density at radius 1 is 1.42 bits per heavy atom. The SMILES string of the molecule is C#C/C=C\C(=C/C)C1(C(=O)Nc2nc(-c3ccc(Cl)cc3Cl)cs2)CC1.